The van der Waals surface area contributed by atoms with Crippen LogP contribution in [0.4, 0.5) is 10.2 Å². The van der Waals surface area contributed by atoms with Gasteiger partial charge in [0.05, 0.1) is 43.5 Å². The van der Waals surface area contributed by atoms with Crippen LogP contribution in [0, 0.1) is 5.82 Å². The fourth-order valence-corrected chi connectivity index (χ4v) is 6.17. The van der Waals surface area contributed by atoms with Crippen molar-refractivity contribution in [3.05, 3.63) is 64.0 Å². The average molecular weight is 519 g/mol. The number of nitrogens with two attached hydrogens (primary N) is 1. The largest absolute Gasteiger partial charge is 0.487 e. The van der Waals surface area contributed by atoms with Crippen molar-refractivity contribution in [2.24, 2.45) is 0 Å². The summed E-state index contributed by atoms with van der Waals surface area (Å²) in [5, 5.41) is 0.708. The minimum Gasteiger partial charge on any atom is -0.487 e. The summed E-state index contributed by atoms with van der Waals surface area (Å²) < 4.78 is 32.8. The molecule has 3 aromatic rings. The summed E-state index contributed by atoms with van der Waals surface area (Å²) in [5.74, 6) is 0.321. The molecule has 2 N–H and O–H groups in total. The van der Waals surface area contributed by atoms with Gasteiger partial charge in [0.2, 0.25) is 0 Å². The van der Waals surface area contributed by atoms with Gasteiger partial charge in [-0.25, -0.2) is 9.37 Å². The Kier molecular flexibility index (Phi) is 5.58. The SMILES string of the molecule is CN1CCC2(CC1)Cc1cc(CN(C(=O)c3cc4c5c(c(N)nc4cc3F)COC5)C3COC3)ccc1O2. The Balaban J connectivity index is 1.18. The molecule has 0 atom stereocenters. The summed E-state index contributed by atoms with van der Waals surface area (Å²) in [4.78, 5) is 22.3. The van der Waals surface area contributed by atoms with Crippen LogP contribution in [0.15, 0.2) is 30.3 Å². The number of amides is 1. The number of benzene rings is 2. The van der Waals surface area contributed by atoms with Crippen molar-refractivity contribution < 1.29 is 23.4 Å². The number of pyridine rings is 1. The lowest BCUT2D eigenvalue weighted by Crippen LogP contribution is -2.51. The highest BCUT2D eigenvalue weighted by molar-refractivity contribution is 5.99. The van der Waals surface area contributed by atoms with Crippen LogP contribution in [-0.4, -0.2) is 65.7 Å². The number of carbonyl (C=O) groups excluding carboxylic acids is 1. The van der Waals surface area contributed by atoms with E-state index in [2.05, 4.69) is 23.0 Å². The highest BCUT2D eigenvalue weighted by Crippen LogP contribution is 2.41. The van der Waals surface area contributed by atoms with E-state index in [-0.39, 0.29) is 23.1 Å². The minimum absolute atomic E-state index is 0.0276. The number of fused-ring (bicyclic) bond motifs is 4. The van der Waals surface area contributed by atoms with Crippen LogP contribution in [0.3, 0.4) is 0 Å². The van der Waals surface area contributed by atoms with Crippen molar-refractivity contribution >= 4 is 22.6 Å². The number of carbonyl (C=O) groups is 1. The van der Waals surface area contributed by atoms with Crippen LogP contribution in [0.5, 0.6) is 5.75 Å². The molecule has 5 heterocycles. The monoisotopic (exact) mass is 518 g/mol. The summed E-state index contributed by atoms with van der Waals surface area (Å²) in [7, 11) is 2.15. The Morgan fingerprint density at radius 2 is 1.95 bits per heavy atom. The van der Waals surface area contributed by atoms with E-state index in [1.807, 2.05) is 12.1 Å². The number of rotatable bonds is 4. The first-order chi connectivity index (χ1) is 18.4. The van der Waals surface area contributed by atoms with Gasteiger partial charge in [0.1, 0.15) is 23.0 Å². The Hall–Kier alpha value is -3.27. The third-order valence-electron chi connectivity index (χ3n) is 8.59. The quantitative estimate of drug-likeness (QED) is 0.566. The predicted octanol–water partition coefficient (Wildman–Crippen LogP) is 3.43. The predicted molar refractivity (Wildman–Crippen MR) is 139 cm³/mol. The molecule has 9 heteroatoms. The maximum absolute atomic E-state index is 15.3. The zero-order chi connectivity index (χ0) is 26.0. The Labute approximate surface area is 220 Å². The molecule has 38 heavy (non-hydrogen) atoms. The van der Waals surface area contributed by atoms with Gasteiger partial charge in [-0.05, 0) is 35.9 Å². The van der Waals surface area contributed by atoms with Crippen LogP contribution < -0.4 is 10.5 Å². The van der Waals surface area contributed by atoms with Gasteiger partial charge >= 0.3 is 0 Å². The molecule has 0 saturated carbocycles. The molecule has 0 bridgehead atoms. The Morgan fingerprint density at radius 1 is 1.16 bits per heavy atom. The number of piperidine rings is 1. The molecule has 198 valence electrons. The van der Waals surface area contributed by atoms with Crippen molar-refractivity contribution in [1.29, 1.82) is 0 Å². The molecule has 8 nitrogen and oxygen atoms in total. The molecule has 0 aliphatic carbocycles. The van der Waals surface area contributed by atoms with Crippen molar-refractivity contribution in [1.82, 2.24) is 14.8 Å². The Bertz CT molecular complexity index is 1450. The van der Waals surface area contributed by atoms with Gasteiger partial charge in [-0.1, -0.05) is 12.1 Å². The normalized spacial score (nSPS) is 20.3. The zero-order valence-electron chi connectivity index (χ0n) is 21.5. The Morgan fingerprint density at radius 3 is 2.71 bits per heavy atom. The number of hydrogen-bond donors (Lipinski definition) is 1. The number of nitrogen functional groups attached to an aromatic ring is 1. The smallest absolute Gasteiger partial charge is 0.257 e. The summed E-state index contributed by atoms with van der Waals surface area (Å²) in [6.45, 7) is 4.04. The van der Waals surface area contributed by atoms with E-state index in [1.165, 1.54) is 11.6 Å². The molecular formula is C29H31FN4O4. The van der Waals surface area contributed by atoms with Crippen molar-refractivity contribution in [2.75, 3.05) is 39.1 Å². The average Bonchev–Trinajstić information content (AvgIpc) is 3.49. The van der Waals surface area contributed by atoms with E-state index >= 15 is 4.39 Å². The van der Waals surface area contributed by atoms with E-state index in [9.17, 15) is 4.79 Å². The third kappa shape index (κ3) is 3.92. The number of hydrogen-bond acceptors (Lipinski definition) is 7. The van der Waals surface area contributed by atoms with Crippen molar-refractivity contribution in [3.8, 4) is 5.75 Å². The zero-order valence-corrected chi connectivity index (χ0v) is 21.5. The first-order valence-electron chi connectivity index (χ1n) is 13.3. The van der Waals surface area contributed by atoms with Crippen LogP contribution in [0.1, 0.15) is 45.5 Å². The molecule has 7 rings (SSSR count). The summed E-state index contributed by atoms with van der Waals surface area (Å²) in [5.41, 5.74) is 10.3. The lowest BCUT2D eigenvalue weighted by molar-refractivity contribution is -0.0567. The molecule has 0 radical (unpaired) electrons. The number of ether oxygens (including phenoxy) is 3. The van der Waals surface area contributed by atoms with Crippen LogP contribution in [0.2, 0.25) is 0 Å². The van der Waals surface area contributed by atoms with Crippen LogP contribution >= 0.6 is 0 Å². The topological polar surface area (TPSA) is 90.2 Å². The molecule has 1 spiro atoms. The second kappa shape index (κ2) is 8.90. The van der Waals surface area contributed by atoms with E-state index in [0.29, 0.717) is 49.7 Å². The molecule has 2 aromatic carbocycles. The minimum atomic E-state index is -0.606. The van der Waals surface area contributed by atoms with Gasteiger partial charge in [-0.2, -0.15) is 0 Å². The summed E-state index contributed by atoms with van der Waals surface area (Å²) in [6.07, 6.45) is 2.90. The fourth-order valence-electron chi connectivity index (χ4n) is 6.17. The summed E-state index contributed by atoms with van der Waals surface area (Å²) >= 11 is 0. The van der Waals surface area contributed by atoms with Crippen molar-refractivity contribution in [3.63, 3.8) is 0 Å². The lowest BCUT2D eigenvalue weighted by atomic mass is 9.87. The maximum atomic E-state index is 15.3. The number of anilines is 1. The second-order valence-electron chi connectivity index (χ2n) is 11.1. The summed E-state index contributed by atoms with van der Waals surface area (Å²) in [6, 6.07) is 8.99. The number of nitrogens with zero attached hydrogens (tertiary/aromatic N) is 3. The van der Waals surface area contributed by atoms with Gasteiger partial charge < -0.3 is 29.7 Å². The van der Waals surface area contributed by atoms with Gasteiger partial charge in [-0.15, -0.1) is 0 Å². The molecule has 4 aliphatic heterocycles. The van der Waals surface area contributed by atoms with Gasteiger partial charge in [0.25, 0.3) is 5.91 Å². The third-order valence-corrected chi connectivity index (χ3v) is 8.59. The van der Waals surface area contributed by atoms with Crippen LogP contribution in [0.25, 0.3) is 10.9 Å². The first kappa shape index (κ1) is 23.8. The van der Waals surface area contributed by atoms with E-state index in [4.69, 9.17) is 19.9 Å². The maximum Gasteiger partial charge on any atom is 0.257 e. The molecule has 4 aliphatic rings. The second-order valence-corrected chi connectivity index (χ2v) is 11.1. The van der Waals surface area contributed by atoms with E-state index in [1.54, 1.807) is 11.0 Å². The molecule has 1 amide bonds. The molecule has 2 fully saturated rings. The van der Waals surface area contributed by atoms with Crippen LogP contribution in [-0.2, 0) is 35.7 Å². The van der Waals surface area contributed by atoms with Gasteiger partial charge in [-0.3, -0.25) is 4.79 Å². The van der Waals surface area contributed by atoms with Gasteiger partial charge in [0.15, 0.2) is 0 Å². The van der Waals surface area contributed by atoms with Crippen molar-refractivity contribution in [2.45, 2.75) is 50.7 Å². The molecule has 2 saturated heterocycles. The highest BCUT2D eigenvalue weighted by atomic mass is 19.1. The molecular weight excluding hydrogens is 487 g/mol. The number of aromatic nitrogens is 1. The standard InChI is InChI=1S/C29H31FN4O4/c1-33-6-4-29(5-7-33)11-18-8-17(2-3-26(18)38-29)12-34(19-13-36-14-19)28(35)21-9-20-22-15-37-16-23(22)27(31)32-25(20)10-24(21)30/h2-3,8-10,19H,4-7,11-16H2,1H3,(H2,31,32). The fraction of sp³-hybridized carbons (Fsp3) is 0.448. The number of halogens is 1. The molecule has 0 unspecified atom stereocenters. The van der Waals surface area contributed by atoms with E-state index < -0.39 is 5.82 Å². The number of likely N-dealkylation sites (tertiary alicyclic amines) is 1. The molecule has 1 aromatic heterocycles. The van der Waals surface area contributed by atoms with Gasteiger partial charge in [0, 0.05) is 55.9 Å². The first-order valence-corrected chi connectivity index (χ1v) is 13.3. The lowest BCUT2D eigenvalue weighted by Gasteiger charge is -2.37. The highest BCUT2D eigenvalue weighted by Gasteiger charge is 2.41. The van der Waals surface area contributed by atoms with E-state index in [0.717, 1.165) is 54.8 Å².